The number of carboxylic acid groups (broad SMARTS) is 1. The molecule has 2 rings (SSSR count). The van der Waals surface area contributed by atoms with Gasteiger partial charge in [-0.3, -0.25) is 0 Å². The fourth-order valence-electron chi connectivity index (χ4n) is 1.52. The highest BCUT2D eigenvalue weighted by Crippen LogP contribution is 2.29. The zero-order chi connectivity index (χ0) is 15.6. The number of nitrogens with one attached hydrogen (secondary N) is 1. The molecule has 0 fully saturated rings. The Kier molecular flexibility index (Phi) is 4.12. The molecule has 0 spiro atoms. The van der Waals surface area contributed by atoms with Crippen LogP contribution < -0.4 is 5.32 Å². The van der Waals surface area contributed by atoms with E-state index in [0.717, 1.165) is 23.6 Å². The lowest BCUT2D eigenvalue weighted by Crippen LogP contribution is -2.10. The van der Waals surface area contributed by atoms with Crippen LogP contribution in [0, 0.1) is 0 Å². The molecule has 0 saturated carbocycles. The number of thiazole rings is 1. The van der Waals surface area contributed by atoms with Crippen molar-refractivity contribution in [2.45, 2.75) is 19.1 Å². The van der Waals surface area contributed by atoms with Crippen LogP contribution in [0.2, 0.25) is 0 Å². The number of carboxylic acids is 1. The second-order valence-corrected chi connectivity index (χ2v) is 5.06. The Hall–Kier alpha value is -2.16. The first-order valence-electron chi connectivity index (χ1n) is 5.76. The lowest BCUT2D eigenvalue weighted by Gasteiger charge is -2.12. The minimum absolute atomic E-state index is 0.0657. The largest absolute Gasteiger partial charge is 0.476 e. The van der Waals surface area contributed by atoms with E-state index in [1.165, 1.54) is 11.4 Å². The number of carbonyl (C=O) groups is 1. The molecule has 2 N–H and O–H groups in total. The fraction of sp³-hybridized carbons (Fsp3) is 0.250. The number of hydrogen-bond donors (Lipinski definition) is 2. The molecular formula is C12H10F3N3O2S. The quantitative estimate of drug-likeness (QED) is 0.903. The van der Waals surface area contributed by atoms with Gasteiger partial charge in [-0.1, -0.05) is 0 Å². The predicted molar refractivity (Wildman–Crippen MR) is 70.4 cm³/mol. The van der Waals surface area contributed by atoms with Crippen LogP contribution in [0.4, 0.5) is 19.0 Å². The Balaban J connectivity index is 2.08. The van der Waals surface area contributed by atoms with Crippen LogP contribution in [-0.4, -0.2) is 21.0 Å². The topological polar surface area (TPSA) is 75.1 Å². The van der Waals surface area contributed by atoms with Gasteiger partial charge in [0.25, 0.3) is 0 Å². The third-order valence-electron chi connectivity index (χ3n) is 2.57. The van der Waals surface area contributed by atoms with Gasteiger partial charge in [-0.05, 0) is 19.1 Å². The molecule has 0 aliphatic heterocycles. The van der Waals surface area contributed by atoms with Gasteiger partial charge in [0.15, 0.2) is 5.69 Å². The molecule has 0 aromatic carbocycles. The molecule has 0 aliphatic carbocycles. The average Bonchev–Trinajstić information content (AvgIpc) is 2.88. The molecule has 21 heavy (non-hydrogen) atoms. The molecule has 1 atom stereocenters. The fourth-order valence-corrected chi connectivity index (χ4v) is 2.32. The smallest absolute Gasteiger partial charge is 0.417 e. The number of pyridine rings is 1. The summed E-state index contributed by atoms with van der Waals surface area (Å²) in [6.45, 7) is 1.71. The lowest BCUT2D eigenvalue weighted by atomic mass is 10.2. The number of aromatic nitrogens is 2. The summed E-state index contributed by atoms with van der Waals surface area (Å²) >= 11 is 1.15. The van der Waals surface area contributed by atoms with Crippen molar-refractivity contribution < 1.29 is 23.1 Å². The Labute approximate surface area is 121 Å². The number of rotatable bonds is 4. The maximum atomic E-state index is 12.4. The number of halogens is 3. The van der Waals surface area contributed by atoms with Crippen molar-refractivity contribution >= 4 is 23.1 Å². The summed E-state index contributed by atoms with van der Waals surface area (Å²) in [5, 5.41) is 13.6. The normalized spacial score (nSPS) is 13.0. The summed E-state index contributed by atoms with van der Waals surface area (Å²) in [4.78, 5) is 18.3. The maximum Gasteiger partial charge on any atom is 0.417 e. The monoisotopic (exact) mass is 317 g/mol. The lowest BCUT2D eigenvalue weighted by molar-refractivity contribution is -0.137. The second kappa shape index (κ2) is 5.68. The van der Waals surface area contributed by atoms with E-state index in [4.69, 9.17) is 5.11 Å². The van der Waals surface area contributed by atoms with Crippen LogP contribution in [0.15, 0.2) is 23.7 Å². The van der Waals surface area contributed by atoms with Gasteiger partial charge in [0, 0.05) is 11.6 Å². The third kappa shape index (κ3) is 3.69. The zero-order valence-electron chi connectivity index (χ0n) is 10.7. The molecule has 9 heteroatoms. The molecule has 2 aromatic heterocycles. The summed E-state index contributed by atoms with van der Waals surface area (Å²) in [5.74, 6) is -0.875. The first-order chi connectivity index (χ1) is 9.77. The number of anilines is 1. The highest BCUT2D eigenvalue weighted by atomic mass is 32.1. The molecule has 0 aliphatic rings. The van der Waals surface area contributed by atoms with Crippen molar-refractivity contribution in [2.75, 3.05) is 5.32 Å². The van der Waals surface area contributed by atoms with Crippen LogP contribution in [0.1, 0.15) is 34.0 Å². The van der Waals surface area contributed by atoms with E-state index >= 15 is 0 Å². The molecule has 1 unspecified atom stereocenters. The van der Waals surface area contributed by atoms with E-state index in [-0.39, 0.29) is 17.6 Å². The highest BCUT2D eigenvalue weighted by Gasteiger charge is 2.30. The second-order valence-electron chi connectivity index (χ2n) is 4.17. The van der Waals surface area contributed by atoms with Gasteiger partial charge >= 0.3 is 12.1 Å². The van der Waals surface area contributed by atoms with E-state index in [1.807, 2.05) is 0 Å². The summed E-state index contributed by atoms with van der Waals surface area (Å²) in [5.41, 5.74) is -0.896. The van der Waals surface area contributed by atoms with Gasteiger partial charge in [-0.25, -0.2) is 14.8 Å². The average molecular weight is 317 g/mol. The van der Waals surface area contributed by atoms with Gasteiger partial charge in [-0.2, -0.15) is 13.2 Å². The SMILES string of the molecule is CC(Nc1ccc(C(F)(F)F)cn1)c1nc(C(=O)O)cs1. The minimum Gasteiger partial charge on any atom is -0.476 e. The molecule has 112 valence electrons. The van der Waals surface area contributed by atoms with Crippen LogP contribution in [0.25, 0.3) is 0 Å². The minimum atomic E-state index is -4.43. The van der Waals surface area contributed by atoms with E-state index < -0.39 is 17.7 Å². The molecule has 0 bridgehead atoms. The summed E-state index contributed by atoms with van der Waals surface area (Å²) in [6, 6.07) is 1.77. The first kappa shape index (κ1) is 15.2. The molecule has 0 radical (unpaired) electrons. The first-order valence-corrected chi connectivity index (χ1v) is 6.64. The van der Waals surface area contributed by atoms with Crippen LogP contribution in [0.5, 0.6) is 0 Å². The number of hydrogen-bond acceptors (Lipinski definition) is 5. The molecule has 2 aromatic rings. The van der Waals surface area contributed by atoms with Crippen LogP contribution in [0.3, 0.4) is 0 Å². The highest BCUT2D eigenvalue weighted by molar-refractivity contribution is 7.09. The van der Waals surface area contributed by atoms with Crippen molar-refractivity contribution in [3.05, 3.63) is 40.0 Å². The van der Waals surface area contributed by atoms with E-state index in [0.29, 0.717) is 5.01 Å². The van der Waals surface area contributed by atoms with E-state index in [1.54, 1.807) is 6.92 Å². The standard InChI is InChI=1S/C12H10F3N3O2S/c1-6(10-18-8(5-21-10)11(19)20)17-9-3-2-7(4-16-9)12(13,14)15/h2-6H,1H3,(H,16,17)(H,19,20). The Morgan fingerprint density at radius 1 is 1.43 bits per heavy atom. The number of alkyl halides is 3. The Bertz CT molecular complexity index is 640. The van der Waals surface area contributed by atoms with Gasteiger partial charge < -0.3 is 10.4 Å². The zero-order valence-corrected chi connectivity index (χ0v) is 11.5. The van der Waals surface area contributed by atoms with Crippen molar-refractivity contribution in [1.82, 2.24) is 9.97 Å². The summed E-state index contributed by atoms with van der Waals surface area (Å²) in [7, 11) is 0. The maximum absolute atomic E-state index is 12.4. The third-order valence-corrected chi connectivity index (χ3v) is 3.59. The van der Waals surface area contributed by atoms with Crippen molar-refractivity contribution in [3.8, 4) is 0 Å². The van der Waals surface area contributed by atoms with Crippen molar-refractivity contribution in [1.29, 1.82) is 0 Å². The van der Waals surface area contributed by atoms with E-state index in [2.05, 4.69) is 15.3 Å². The summed E-state index contributed by atoms with van der Waals surface area (Å²) in [6.07, 6.45) is -3.69. The molecule has 5 nitrogen and oxygen atoms in total. The van der Waals surface area contributed by atoms with Gasteiger partial charge in [0.05, 0.1) is 11.6 Å². The van der Waals surface area contributed by atoms with Crippen LogP contribution >= 0.6 is 11.3 Å². The Morgan fingerprint density at radius 3 is 2.62 bits per heavy atom. The number of aromatic carboxylic acids is 1. The predicted octanol–water partition coefficient (Wildman–Crippen LogP) is 3.43. The van der Waals surface area contributed by atoms with Gasteiger partial charge in [0.2, 0.25) is 0 Å². The molecular weight excluding hydrogens is 307 g/mol. The van der Waals surface area contributed by atoms with Gasteiger partial charge in [-0.15, -0.1) is 11.3 Å². The molecule has 0 amide bonds. The van der Waals surface area contributed by atoms with Gasteiger partial charge in [0.1, 0.15) is 10.8 Å². The number of nitrogens with zero attached hydrogens (tertiary/aromatic N) is 2. The summed E-state index contributed by atoms with van der Waals surface area (Å²) < 4.78 is 37.2. The van der Waals surface area contributed by atoms with E-state index in [9.17, 15) is 18.0 Å². The van der Waals surface area contributed by atoms with Crippen LogP contribution in [-0.2, 0) is 6.18 Å². The Morgan fingerprint density at radius 2 is 2.14 bits per heavy atom. The molecule has 0 saturated heterocycles. The molecule has 2 heterocycles. The van der Waals surface area contributed by atoms with Crippen molar-refractivity contribution in [2.24, 2.45) is 0 Å². The van der Waals surface area contributed by atoms with Crippen molar-refractivity contribution in [3.63, 3.8) is 0 Å².